The predicted octanol–water partition coefficient (Wildman–Crippen LogP) is 4.37. The van der Waals surface area contributed by atoms with Crippen molar-refractivity contribution in [1.82, 2.24) is 0 Å². The molecule has 1 aromatic rings. The van der Waals surface area contributed by atoms with Gasteiger partial charge >= 0.3 is 0 Å². The second kappa shape index (κ2) is 7.98. The van der Waals surface area contributed by atoms with Gasteiger partial charge in [-0.3, -0.25) is 0 Å². The van der Waals surface area contributed by atoms with Crippen LogP contribution in [0.15, 0.2) is 36.9 Å². The average molecular weight is 218 g/mol. The number of hydrogen-bond donors (Lipinski definition) is 0. The molecule has 0 heterocycles. The largest absolute Gasteiger partial charge is 0.493 e. The van der Waals surface area contributed by atoms with Gasteiger partial charge in [-0.15, -0.1) is 6.58 Å². The standard InChI is InChI=1S/C15H22O/c1-3-5-6-7-10-14-11-8-9-12-15(14)16-13-4-2/h3,8-9,11-12H,1,4-7,10,13H2,2H3. The average Bonchev–Trinajstić information content (AvgIpc) is 2.33. The quantitative estimate of drug-likeness (QED) is 0.465. The number of aryl methyl sites for hydroxylation is 1. The van der Waals surface area contributed by atoms with Gasteiger partial charge in [-0.2, -0.15) is 0 Å². The van der Waals surface area contributed by atoms with Gasteiger partial charge in [0.1, 0.15) is 5.75 Å². The van der Waals surface area contributed by atoms with Gasteiger partial charge in [0, 0.05) is 0 Å². The van der Waals surface area contributed by atoms with Crippen LogP contribution >= 0.6 is 0 Å². The van der Waals surface area contributed by atoms with Crippen molar-refractivity contribution in [3.05, 3.63) is 42.5 Å². The van der Waals surface area contributed by atoms with E-state index in [2.05, 4.69) is 31.7 Å². The monoisotopic (exact) mass is 218 g/mol. The number of allylic oxidation sites excluding steroid dienone is 1. The predicted molar refractivity (Wildman–Crippen MR) is 70.0 cm³/mol. The topological polar surface area (TPSA) is 9.23 Å². The molecule has 0 aliphatic heterocycles. The molecule has 16 heavy (non-hydrogen) atoms. The van der Waals surface area contributed by atoms with Gasteiger partial charge in [-0.05, 0) is 43.7 Å². The summed E-state index contributed by atoms with van der Waals surface area (Å²) in [6.45, 7) is 6.68. The van der Waals surface area contributed by atoms with Crippen molar-refractivity contribution in [1.29, 1.82) is 0 Å². The van der Waals surface area contributed by atoms with Crippen LogP contribution in [0.25, 0.3) is 0 Å². The van der Waals surface area contributed by atoms with Gasteiger partial charge in [0.15, 0.2) is 0 Å². The van der Waals surface area contributed by atoms with Crippen LogP contribution in [-0.2, 0) is 6.42 Å². The molecular weight excluding hydrogens is 196 g/mol. The lowest BCUT2D eigenvalue weighted by molar-refractivity contribution is 0.314. The third kappa shape index (κ3) is 4.52. The maximum absolute atomic E-state index is 5.72. The molecule has 0 bridgehead atoms. The zero-order valence-electron chi connectivity index (χ0n) is 10.2. The van der Waals surface area contributed by atoms with E-state index >= 15 is 0 Å². The lowest BCUT2D eigenvalue weighted by Gasteiger charge is -2.10. The lowest BCUT2D eigenvalue weighted by Crippen LogP contribution is -1.98. The molecular formula is C15H22O. The van der Waals surface area contributed by atoms with E-state index in [1.807, 2.05) is 12.1 Å². The minimum atomic E-state index is 0.809. The van der Waals surface area contributed by atoms with Crippen molar-refractivity contribution < 1.29 is 4.74 Å². The molecule has 0 atom stereocenters. The van der Waals surface area contributed by atoms with E-state index in [-0.39, 0.29) is 0 Å². The third-order valence-electron chi connectivity index (χ3n) is 2.54. The molecule has 0 spiro atoms. The van der Waals surface area contributed by atoms with E-state index in [1.165, 1.54) is 18.4 Å². The molecule has 0 unspecified atom stereocenters. The molecule has 1 rings (SSSR count). The van der Waals surface area contributed by atoms with Crippen molar-refractivity contribution in [2.75, 3.05) is 6.61 Å². The molecule has 88 valence electrons. The first-order valence-corrected chi connectivity index (χ1v) is 6.20. The number of benzene rings is 1. The van der Waals surface area contributed by atoms with Crippen molar-refractivity contribution >= 4 is 0 Å². The summed E-state index contributed by atoms with van der Waals surface area (Å²) in [4.78, 5) is 0. The third-order valence-corrected chi connectivity index (χ3v) is 2.54. The second-order valence-electron chi connectivity index (χ2n) is 3.99. The Bertz CT molecular complexity index is 304. The Morgan fingerprint density at radius 1 is 1.25 bits per heavy atom. The molecule has 1 nitrogen and oxygen atoms in total. The molecule has 1 aromatic carbocycles. The van der Waals surface area contributed by atoms with Crippen LogP contribution in [0, 0.1) is 0 Å². The molecule has 1 heteroatoms. The van der Waals surface area contributed by atoms with Gasteiger partial charge in [0.2, 0.25) is 0 Å². The van der Waals surface area contributed by atoms with Crippen LogP contribution in [-0.4, -0.2) is 6.61 Å². The molecule has 0 amide bonds. The Morgan fingerprint density at radius 3 is 2.81 bits per heavy atom. The maximum atomic E-state index is 5.72. The van der Waals surface area contributed by atoms with Crippen LogP contribution in [0.4, 0.5) is 0 Å². The van der Waals surface area contributed by atoms with E-state index < -0.39 is 0 Å². The van der Waals surface area contributed by atoms with Crippen LogP contribution in [0.1, 0.15) is 38.2 Å². The van der Waals surface area contributed by atoms with Crippen LogP contribution in [0.3, 0.4) is 0 Å². The van der Waals surface area contributed by atoms with E-state index in [4.69, 9.17) is 4.74 Å². The highest BCUT2D eigenvalue weighted by Gasteiger charge is 2.01. The van der Waals surface area contributed by atoms with Crippen molar-refractivity contribution in [3.63, 3.8) is 0 Å². The molecule has 0 N–H and O–H groups in total. The SMILES string of the molecule is C=CCCCCc1ccccc1OCCC. The number of ether oxygens (including phenoxy) is 1. The molecule has 0 fully saturated rings. The normalized spacial score (nSPS) is 10.1. The summed E-state index contributed by atoms with van der Waals surface area (Å²) in [5, 5.41) is 0. The van der Waals surface area contributed by atoms with E-state index in [1.54, 1.807) is 0 Å². The first-order valence-electron chi connectivity index (χ1n) is 6.20. The number of para-hydroxylation sites is 1. The van der Waals surface area contributed by atoms with E-state index in [9.17, 15) is 0 Å². The highest BCUT2D eigenvalue weighted by Crippen LogP contribution is 2.20. The Balaban J connectivity index is 2.46. The molecule has 0 aliphatic carbocycles. The minimum absolute atomic E-state index is 0.809. The molecule has 0 aromatic heterocycles. The Labute approximate surface area is 99.1 Å². The number of hydrogen-bond acceptors (Lipinski definition) is 1. The summed E-state index contributed by atoms with van der Waals surface area (Å²) < 4.78 is 5.72. The van der Waals surface area contributed by atoms with Gasteiger partial charge < -0.3 is 4.74 Å². The summed E-state index contributed by atoms with van der Waals surface area (Å²) in [7, 11) is 0. The zero-order valence-corrected chi connectivity index (χ0v) is 10.2. The summed E-state index contributed by atoms with van der Waals surface area (Å²) in [5.41, 5.74) is 1.33. The van der Waals surface area contributed by atoms with Crippen molar-refractivity contribution in [3.8, 4) is 5.75 Å². The Kier molecular flexibility index (Phi) is 6.39. The summed E-state index contributed by atoms with van der Waals surface area (Å²) in [6, 6.07) is 8.36. The number of unbranched alkanes of at least 4 members (excludes halogenated alkanes) is 2. The molecule has 0 radical (unpaired) electrons. The zero-order chi connectivity index (χ0) is 11.6. The molecule has 0 aliphatic rings. The van der Waals surface area contributed by atoms with Gasteiger partial charge in [0.05, 0.1) is 6.61 Å². The van der Waals surface area contributed by atoms with E-state index in [0.29, 0.717) is 0 Å². The van der Waals surface area contributed by atoms with Gasteiger partial charge in [0.25, 0.3) is 0 Å². The first-order chi connectivity index (χ1) is 7.88. The fourth-order valence-electron chi connectivity index (χ4n) is 1.67. The lowest BCUT2D eigenvalue weighted by atomic mass is 10.1. The van der Waals surface area contributed by atoms with E-state index in [0.717, 1.165) is 31.6 Å². The second-order valence-corrected chi connectivity index (χ2v) is 3.99. The fraction of sp³-hybridized carbons (Fsp3) is 0.467. The Morgan fingerprint density at radius 2 is 2.06 bits per heavy atom. The fourth-order valence-corrected chi connectivity index (χ4v) is 1.67. The summed E-state index contributed by atoms with van der Waals surface area (Å²) in [6.07, 6.45) is 7.68. The van der Waals surface area contributed by atoms with Gasteiger partial charge in [-0.25, -0.2) is 0 Å². The minimum Gasteiger partial charge on any atom is -0.493 e. The summed E-state index contributed by atoms with van der Waals surface area (Å²) in [5.74, 6) is 1.06. The van der Waals surface area contributed by atoms with Crippen molar-refractivity contribution in [2.45, 2.75) is 39.0 Å². The number of rotatable bonds is 8. The van der Waals surface area contributed by atoms with Crippen molar-refractivity contribution in [2.24, 2.45) is 0 Å². The highest BCUT2D eigenvalue weighted by atomic mass is 16.5. The van der Waals surface area contributed by atoms with Crippen LogP contribution in [0.5, 0.6) is 5.75 Å². The molecule has 0 saturated carbocycles. The Hall–Kier alpha value is -1.24. The maximum Gasteiger partial charge on any atom is 0.122 e. The first kappa shape index (κ1) is 12.8. The van der Waals surface area contributed by atoms with Crippen LogP contribution < -0.4 is 4.74 Å². The summed E-state index contributed by atoms with van der Waals surface area (Å²) >= 11 is 0. The van der Waals surface area contributed by atoms with Gasteiger partial charge in [-0.1, -0.05) is 31.2 Å². The highest BCUT2D eigenvalue weighted by molar-refractivity contribution is 5.33. The smallest absolute Gasteiger partial charge is 0.122 e. The van der Waals surface area contributed by atoms with Crippen LogP contribution in [0.2, 0.25) is 0 Å². The molecule has 0 saturated heterocycles.